The summed E-state index contributed by atoms with van der Waals surface area (Å²) in [5.41, 5.74) is 1.11. The highest BCUT2D eigenvalue weighted by Crippen LogP contribution is 2.34. The topological polar surface area (TPSA) is 119 Å². The van der Waals surface area contributed by atoms with Gasteiger partial charge in [-0.1, -0.05) is 12.0 Å². The predicted octanol–water partition coefficient (Wildman–Crippen LogP) is 4.18. The number of nitrogens with zero attached hydrogens (tertiary/aromatic N) is 4. The van der Waals surface area contributed by atoms with Crippen LogP contribution in [0, 0.1) is 24.2 Å². The molecule has 13 heteroatoms. The molecular weight excluding hydrogens is 575 g/mol. The van der Waals surface area contributed by atoms with Gasteiger partial charge in [0.05, 0.1) is 29.6 Å². The van der Waals surface area contributed by atoms with E-state index in [1.165, 1.54) is 36.7 Å². The molecule has 2 aromatic heterocycles. The highest BCUT2D eigenvalue weighted by molar-refractivity contribution is 6.04. The van der Waals surface area contributed by atoms with E-state index in [2.05, 4.69) is 37.0 Å². The van der Waals surface area contributed by atoms with Crippen LogP contribution in [0.1, 0.15) is 44.3 Å². The number of H-pyrrole nitrogens is 1. The summed E-state index contributed by atoms with van der Waals surface area (Å²) in [5, 5.41) is 10.3. The zero-order valence-electron chi connectivity index (χ0n) is 24.7. The molecule has 4 rings (SSSR count). The number of carbonyl (C=O) groups excluding carboxylic acids is 1. The highest BCUT2D eigenvalue weighted by Gasteiger charge is 2.34. The number of amides is 1. The minimum Gasteiger partial charge on any atom is -0.476 e. The average molecular weight is 610 g/mol. The van der Waals surface area contributed by atoms with Crippen LogP contribution in [-0.2, 0) is 22.2 Å². The summed E-state index contributed by atoms with van der Waals surface area (Å²) in [4.78, 5) is 28.6. The predicted molar refractivity (Wildman–Crippen MR) is 160 cm³/mol. The number of anilines is 1. The lowest BCUT2D eigenvalue weighted by molar-refractivity contribution is -0.138. The third kappa shape index (κ3) is 9.24. The van der Waals surface area contributed by atoms with Crippen LogP contribution in [0.4, 0.5) is 18.9 Å². The first-order valence-electron chi connectivity index (χ1n) is 13.9. The molecule has 0 unspecified atom stereocenters. The van der Waals surface area contributed by atoms with E-state index in [0.717, 1.165) is 19.2 Å². The number of carbonyl (C=O) groups is 1. The Hall–Kier alpha value is -4.51. The molecule has 0 aliphatic carbocycles. The number of imidazole rings is 1. The number of likely N-dealkylation sites (N-methyl/N-ethyl adjacent to an activating group) is 1. The molecule has 0 radical (unpaired) electrons. The number of aromatic nitrogens is 3. The number of nitrogens with one attached hydrogen (secondary N) is 3. The number of hydrogen-bond donors (Lipinski definition) is 3. The van der Waals surface area contributed by atoms with Crippen LogP contribution in [0.15, 0.2) is 42.7 Å². The Balaban J connectivity index is 1.44. The van der Waals surface area contributed by atoms with E-state index in [-0.39, 0.29) is 35.9 Å². The maximum Gasteiger partial charge on any atom is 0.416 e. The molecule has 1 saturated heterocycles. The highest BCUT2D eigenvalue weighted by atomic mass is 19.4. The molecule has 0 bridgehead atoms. The quantitative estimate of drug-likeness (QED) is 0.144. The zero-order valence-corrected chi connectivity index (χ0v) is 24.7. The number of pyridine rings is 1. The largest absolute Gasteiger partial charge is 0.476 e. The van der Waals surface area contributed by atoms with E-state index in [1.807, 2.05) is 11.9 Å². The number of halogens is 3. The van der Waals surface area contributed by atoms with E-state index in [0.29, 0.717) is 42.5 Å². The SMILES string of the molecule is COCCOC(=N)/C=C\c1ncc(C#Cc2cc(C(=O)Nc3ccc(CN4CCN(C)CC4)c(C(F)(F)F)c3)cnc2C)[nH]1. The molecule has 3 heterocycles. The fourth-order valence-corrected chi connectivity index (χ4v) is 4.35. The lowest BCUT2D eigenvalue weighted by Crippen LogP contribution is -2.44. The number of aryl methyl sites for hydroxylation is 1. The maximum atomic E-state index is 14.0. The second kappa shape index (κ2) is 14.8. The van der Waals surface area contributed by atoms with Gasteiger partial charge in [-0.05, 0) is 49.7 Å². The minimum atomic E-state index is -4.57. The number of methoxy groups -OCH3 is 1. The molecule has 1 aliphatic heterocycles. The van der Waals surface area contributed by atoms with Crippen molar-refractivity contribution in [2.24, 2.45) is 0 Å². The number of ether oxygens (including phenoxy) is 2. The normalized spacial score (nSPS) is 14.3. The molecule has 0 spiro atoms. The molecule has 3 aromatic rings. The summed E-state index contributed by atoms with van der Waals surface area (Å²) < 4.78 is 51.9. The van der Waals surface area contributed by atoms with Crippen LogP contribution in [0.3, 0.4) is 0 Å². The molecule has 10 nitrogen and oxygen atoms in total. The molecule has 0 atom stereocenters. The molecule has 3 N–H and O–H groups in total. The van der Waals surface area contributed by atoms with Crippen LogP contribution < -0.4 is 5.32 Å². The molecule has 1 aromatic carbocycles. The third-order valence-corrected chi connectivity index (χ3v) is 6.88. The summed E-state index contributed by atoms with van der Waals surface area (Å²) in [6.45, 7) is 5.52. The summed E-state index contributed by atoms with van der Waals surface area (Å²) in [6, 6.07) is 5.42. The van der Waals surface area contributed by atoms with Gasteiger partial charge in [-0.2, -0.15) is 13.2 Å². The van der Waals surface area contributed by atoms with Gasteiger partial charge in [0.25, 0.3) is 5.91 Å². The summed E-state index contributed by atoms with van der Waals surface area (Å²) in [7, 11) is 3.53. The molecule has 232 valence electrons. The van der Waals surface area contributed by atoms with Crippen LogP contribution >= 0.6 is 0 Å². The van der Waals surface area contributed by atoms with Gasteiger partial charge in [0.15, 0.2) is 0 Å². The number of piperazine rings is 1. The second-order valence-corrected chi connectivity index (χ2v) is 10.2. The van der Waals surface area contributed by atoms with Gasteiger partial charge in [0, 0.05) is 63.4 Å². The van der Waals surface area contributed by atoms with Crippen molar-refractivity contribution in [2.45, 2.75) is 19.6 Å². The molecule has 44 heavy (non-hydrogen) atoms. The number of alkyl halides is 3. The Kier molecular flexibility index (Phi) is 10.9. The van der Waals surface area contributed by atoms with Crippen LogP contribution in [0.2, 0.25) is 0 Å². The Morgan fingerprint density at radius 1 is 1.14 bits per heavy atom. The summed E-state index contributed by atoms with van der Waals surface area (Å²) >= 11 is 0. The number of hydrogen-bond acceptors (Lipinski definition) is 8. The van der Waals surface area contributed by atoms with Crippen molar-refractivity contribution in [3.05, 3.63) is 82.2 Å². The maximum absolute atomic E-state index is 14.0. The lowest BCUT2D eigenvalue weighted by atomic mass is 10.0. The van der Waals surface area contributed by atoms with Crippen molar-refractivity contribution >= 4 is 23.6 Å². The van der Waals surface area contributed by atoms with Gasteiger partial charge in [0.1, 0.15) is 18.1 Å². The monoisotopic (exact) mass is 609 g/mol. The van der Waals surface area contributed by atoms with Crippen molar-refractivity contribution < 1.29 is 27.4 Å². The van der Waals surface area contributed by atoms with Gasteiger partial charge in [0.2, 0.25) is 5.90 Å². The first kappa shape index (κ1) is 32.4. The van der Waals surface area contributed by atoms with Crippen molar-refractivity contribution in [3.8, 4) is 11.8 Å². The van der Waals surface area contributed by atoms with Gasteiger partial charge in [-0.15, -0.1) is 0 Å². The fourth-order valence-electron chi connectivity index (χ4n) is 4.35. The van der Waals surface area contributed by atoms with Gasteiger partial charge >= 0.3 is 6.18 Å². The van der Waals surface area contributed by atoms with Crippen molar-refractivity contribution in [1.29, 1.82) is 5.41 Å². The molecular formula is C31H34F3N7O3. The molecule has 1 fully saturated rings. The fraction of sp³-hybridized carbons (Fsp3) is 0.355. The Morgan fingerprint density at radius 2 is 1.91 bits per heavy atom. The Bertz CT molecular complexity index is 1570. The zero-order chi connectivity index (χ0) is 31.7. The van der Waals surface area contributed by atoms with E-state index in [9.17, 15) is 18.0 Å². The van der Waals surface area contributed by atoms with Crippen molar-refractivity contribution in [1.82, 2.24) is 24.8 Å². The molecule has 0 saturated carbocycles. The summed E-state index contributed by atoms with van der Waals surface area (Å²) in [5.74, 6) is 5.69. The standard InChI is InChI=1S/C31H34F3N7O3/c1-21-22(4-7-26-19-37-29(38-26)9-8-28(35)44-15-14-43-3)16-24(18-36-21)30(42)39-25-6-5-23(27(17-25)31(32,33)34)20-41-12-10-40(2)11-13-41/h5-6,8-9,16-19,35H,10-15,20H2,1-3H3,(H,37,38)(H,39,42)/b9-8-,35-28?. The minimum absolute atomic E-state index is 0.0351. The number of rotatable bonds is 9. The van der Waals surface area contributed by atoms with Crippen molar-refractivity contribution in [3.63, 3.8) is 0 Å². The lowest BCUT2D eigenvalue weighted by Gasteiger charge is -2.33. The summed E-state index contributed by atoms with van der Waals surface area (Å²) in [6.07, 6.45) is 1.32. The molecule has 1 aliphatic rings. The van der Waals surface area contributed by atoms with Gasteiger partial charge in [-0.3, -0.25) is 20.1 Å². The van der Waals surface area contributed by atoms with Gasteiger partial charge in [-0.25, -0.2) is 4.98 Å². The first-order valence-corrected chi connectivity index (χ1v) is 13.9. The second-order valence-electron chi connectivity index (χ2n) is 10.2. The average Bonchev–Trinajstić information content (AvgIpc) is 3.45. The van der Waals surface area contributed by atoms with E-state index in [1.54, 1.807) is 20.1 Å². The van der Waals surface area contributed by atoms with Crippen LogP contribution in [0.5, 0.6) is 0 Å². The van der Waals surface area contributed by atoms with E-state index in [4.69, 9.17) is 14.9 Å². The Morgan fingerprint density at radius 3 is 2.64 bits per heavy atom. The van der Waals surface area contributed by atoms with E-state index < -0.39 is 17.6 Å². The molecule has 1 amide bonds. The van der Waals surface area contributed by atoms with E-state index >= 15 is 0 Å². The van der Waals surface area contributed by atoms with Gasteiger partial charge < -0.3 is 24.7 Å². The number of aromatic amines is 1. The van der Waals surface area contributed by atoms with Crippen LogP contribution in [0.25, 0.3) is 6.08 Å². The first-order chi connectivity index (χ1) is 21.0. The smallest absolute Gasteiger partial charge is 0.416 e. The Labute approximate surface area is 253 Å². The van der Waals surface area contributed by atoms with Crippen molar-refractivity contribution in [2.75, 3.05) is 58.9 Å². The van der Waals surface area contributed by atoms with Crippen LogP contribution in [-0.4, -0.2) is 90.1 Å². The third-order valence-electron chi connectivity index (χ3n) is 6.88. The number of benzene rings is 1.